The number of nitrogens with zero attached hydrogens (tertiary/aromatic N) is 4. The molecule has 0 aliphatic carbocycles. The van der Waals surface area contributed by atoms with Crippen molar-refractivity contribution in [2.45, 2.75) is 46.2 Å². The van der Waals surface area contributed by atoms with Gasteiger partial charge in [-0.3, -0.25) is 9.36 Å². The van der Waals surface area contributed by atoms with E-state index in [2.05, 4.69) is 11.4 Å². The zero-order valence-corrected chi connectivity index (χ0v) is 19.2. The molecule has 0 fully saturated rings. The first-order valence-corrected chi connectivity index (χ1v) is 11.1. The van der Waals surface area contributed by atoms with Crippen LogP contribution in [0.3, 0.4) is 0 Å². The van der Waals surface area contributed by atoms with E-state index in [1.165, 1.54) is 0 Å². The fourth-order valence-corrected chi connectivity index (χ4v) is 3.98. The quantitative estimate of drug-likeness (QED) is 0.525. The number of amides is 2. The number of benzene rings is 2. The Morgan fingerprint density at radius 2 is 2.03 bits per heavy atom. The highest BCUT2D eigenvalue weighted by atomic mass is 35.5. The number of halogens is 1. The van der Waals surface area contributed by atoms with Crippen LogP contribution in [0.1, 0.15) is 51.0 Å². The Labute approximate surface area is 192 Å². The Morgan fingerprint density at radius 1 is 1.25 bits per heavy atom. The Kier molecular flexibility index (Phi) is 7.49. The summed E-state index contributed by atoms with van der Waals surface area (Å²) in [5, 5.41) is 13.0. The van der Waals surface area contributed by atoms with Crippen molar-refractivity contribution in [3.05, 3.63) is 69.2 Å². The predicted molar refractivity (Wildman–Crippen MR) is 127 cm³/mol. The van der Waals surface area contributed by atoms with Gasteiger partial charge in [0.15, 0.2) is 0 Å². The number of fused-ring (bicyclic) bond motifs is 1. The predicted octanol–water partition coefficient (Wildman–Crippen LogP) is 5.34. The van der Waals surface area contributed by atoms with E-state index in [4.69, 9.17) is 21.8 Å². The summed E-state index contributed by atoms with van der Waals surface area (Å²) >= 11 is 6.14. The lowest BCUT2D eigenvalue weighted by Gasteiger charge is -2.32. The van der Waals surface area contributed by atoms with Gasteiger partial charge in [-0.15, -0.1) is 0 Å². The van der Waals surface area contributed by atoms with E-state index < -0.39 is 6.04 Å². The van der Waals surface area contributed by atoms with Crippen molar-refractivity contribution in [1.29, 1.82) is 5.26 Å². The van der Waals surface area contributed by atoms with E-state index in [0.29, 0.717) is 52.5 Å². The smallest absolute Gasteiger partial charge is 0.314 e. The van der Waals surface area contributed by atoms with Crippen molar-refractivity contribution in [1.82, 2.24) is 14.5 Å². The van der Waals surface area contributed by atoms with E-state index in [1.54, 1.807) is 51.9 Å². The number of aromatic nitrogens is 2. The molecule has 166 valence electrons. The maximum absolute atomic E-state index is 13.3. The van der Waals surface area contributed by atoms with Gasteiger partial charge in [0.05, 0.1) is 28.6 Å². The molecule has 0 aliphatic heterocycles. The van der Waals surface area contributed by atoms with Crippen molar-refractivity contribution in [2.75, 3.05) is 11.9 Å². The van der Waals surface area contributed by atoms with Crippen LogP contribution in [0.2, 0.25) is 5.02 Å². The summed E-state index contributed by atoms with van der Waals surface area (Å²) in [4.78, 5) is 32.9. The number of carbonyl (C=O) groups excluding carboxylic acids is 1. The standard InChI is InChI=1S/C24H26ClN5O2/c1-4-12-30(24(32)27-18-9-7-8-16(13-18)15-26)21(5-2)22-28-20-14-17(25)10-11-19(20)23(31)29(22)6-3/h7-11,13-14,21H,4-6,12H2,1-3H3,(H,27,32). The van der Waals surface area contributed by atoms with Crippen LogP contribution < -0.4 is 10.9 Å². The van der Waals surface area contributed by atoms with Crippen molar-refractivity contribution in [3.8, 4) is 6.07 Å². The average Bonchev–Trinajstić information content (AvgIpc) is 2.79. The van der Waals surface area contributed by atoms with Crippen LogP contribution in [0.15, 0.2) is 47.3 Å². The maximum Gasteiger partial charge on any atom is 0.322 e. The lowest BCUT2D eigenvalue weighted by molar-refractivity contribution is 0.180. The van der Waals surface area contributed by atoms with Crippen molar-refractivity contribution < 1.29 is 4.79 Å². The first-order valence-electron chi connectivity index (χ1n) is 10.7. The molecule has 0 spiro atoms. The largest absolute Gasteiger partial charge is 0.322 e. The van der Waals surface area contributed by atoms with Crippen LogP contribution >= 0.6 is 11.6 Å². The summed E-state index contributed by atoms with van der Waals surface area (Å²) in [6.07, 6.45) is 1.31. The Hall–Kier alpha value is -3.37. The number of anilines is 1. The number of urea groups is 1. The topological polar surface area (TPSA) is 91.0 Å². The Balaban J connectivity index is 2.06. The molecule has 3 rings (SSSR count). The van der Waals surface area contributed by atoms with E-state index in [9.17, 15) is 9.59 Å². The molecule has 1 atom stereocenters. The van der Waals surface area contributed by atoms with Gasteiger partial charge in [-0.1, -0.05) is 31.5 Å². The molecule has 0 saturated carbocycles. The maximum atomic E-state index is 13.3. The number of nitriles is 1. The molecule has 0 radical (unpaired) electrons. The lowest BCUT2D eigenvalue weighted by Crippen LogP contribution is -2.41. The molecule has 8 heteroatoms. The molecule has 0 saturated heterocycles. The van der Waals surface area contributed by atoms with E-state index in [1.807, 2.05) is 20.8 Å². The second-order valence-electron chi connectivity index (χ2n) is 7.42. The normalized spacial score (nSPS) is 11.7. The molecule has 1 unspecified atom stereocenters. The van der Waals surface area contributed by atoms with Gasteiger partial charge in [0, 0.05) is 23.8 Å². The van der Waals surface area contributed by atoms with Gasteiger partial charge in [0.1, 0.15) is 5.82 Å². The number of hydrogen-bond donors (Lipinski definition) is 1. The number of hydrogen-bond acceptors (Lipinski definition) is 4. The first-order chi connectivity index (χ1) is 15.4. The van der Waals surface area contributed by atoms with Gasteiger partial charge in [-0.2, -0.15) is 5.26 Å². The molecule has 0 bridgehead atoms. The molecule has 1 heterocycles. The van der Waals surface area contributed by atoms with Crippen LogP contribution in [-0.2, 0) is 6.54 Å². The van der Waals surface area contributed by atoms with Crippen LogP contribution in [0, 0.1) is 11.3 Å². The summed E-state index contributed by atoms with van der Waals surface area (Å²) in [7, 11) is 0. The molecular formula is C24H26ClN5O2. The monoisotopic (exact) mass is 451 g/mol. The zero-order chi connectivity index (χ0) is 23.3. The van der Waals surface area contributed by atoms with Crippen molar-refractivity contribution >= 4 is 34.2 Å². The van der Waals surface area contributed by atoms with Crippen molar-refractivity contribution in [2.24, 2.45) is 0 Å². The fourth-order valence-electron chi connectivity index (χ4n) is 3.82. The molecule has 7 nitrogen and oxygen atoms in total. The molecular weight excluding hydrogens is 426 g/mol. The molecule has 0 aliphatic rings. The first kappa shape index (κ1) is 23.3. The molecule has 2 amide bonds. The summed E-state index contributed by atoms with van der Waals surface area (Å²) < 4.78 is 1.62. The summed E-state index contributed by atoms with van der Waals surface area (Å²) in [6.45, 7) is 6.76. The zero-order valence-electron chi connectivity index (χ0n) is 18.4. The lowest BCUT2D eigenvalue weighted by atomic mass is 10.1. The van der Waals surface area contributed by atoms with Gasteiger partial charge < -0.3 is 10.2 Å². The highest BCUT2D eigenvalue weighted by Gasteiger charge is 2.28. The van der Waals surface area contributed by atoms with Crippen LogP contribution in [0.4, 0.5) is 10.5 Å². The Morgan fingerprint density at radius 3 is 2.69 bits per heavy atom. The Bertz CT molecular complexity index is 1230. The van der Waals surface area contributed by atoms with Gasteiger partial charge >= 0.3 is 6.03 Å². The summed E-state index contributed by atoms with van der Waals surface area (Å²) in [5.74, 6) is 0.532. The minimum Gasteiger partial charge on any atom is -0.314 e. The third-order valence-electron chi connectivity index (χ3n) is 5.29. The number of rotatable bonds is 7. The third-order valence-corrected chi connectivity index (χ3v) is 5.53. The van der Waals surface area contributed by atoms with E-state index >= 15 is 0 Å². The number of carbonyl (C=O) groups is 1. The van der Waals surface area contributed by atoms with E-state index in [0.717, 1.165) is 6.42 Å². The molecule has 32 heavy (non-hydrogen) atoms. The summed E-state index contributed by atoms with van der Waals surface area (Å²) in [5.41, 5.74) is 1.36. The van der Waals surface area contributed by atoms with Gasteiger partial charge in [-0.25, -0.2) is 9.78 Å². The van der Waals surface area contributed by atoms with Gasteiger partial charge in [-0.05, 0) is 56.2 Å². The highest BCUT2D eigenvalue weighted by Crippen LogP contribution is 2.26. The van der Waals surface area contributed by atoms with E-state index in [-0.39, 0.29) is 11.6 Å². The fraction of sp³-hybridized carbons (Fsp3) is 0.333. The molecule has 1 N–H and O–H groups in total. The third kappa shape index (κ3) is 4.76. The average molecular weight is 452 g/mol. The minimum atomic E-state index is -0.412. The second kappa shape index (κ2) is 10.3. The minimum absolute atomic E-state index is 0.152. The van der Waals surface area contributed by atoms with Crippen LogP contribution in [0.25, 0.3) is 10.9 Å². The van der Waals surface area contributed by atoms with Crippen LogP contribution in [0.5, 0.6) is 0 Å². The molecule has 2 aromatic carbocycles. The second-order valence-corrected chi connectivity index (χ2v) is 7.86. The summed E-state index contributed by atoms with van der Waals surface area (Å²) in [6, 6.07) is 13.2. The van der Waals surface area contributed by atoms with Gasteiger partial charge in [0.2, 0.25) is 0 Å². The SMILES string of the molecule is CCCN(C(=O)Nc1cccc(C#N)c1)C(CC)c1nc2cc(Cl)ccc2c(=O)n1CC. The van der Waals surface area contributed by atoms with Crippen molar-refractivity contribution in [3.63, 3.8) is 0 Å². The highest BCUT2D eigenvalue weighted by molar-refractivity contribution is 6.31. The molecule has 3 aromatic rings. The molecule has 1 aromatic heterocycles. The van der Waals surface area contributed by atoms with Crippen LogP contribution in [-0.4, -0.2) is 27.0 Å². The van der Waals surface area contributed by atoms with Gasteiger partial charge in [0.25, 0.3) is 5.56 Å². The number of nitrogens with one attached hydrogen (secondary N) is 1.